The molecule has 0 spiro atoms. The number of rotatable bonds is 5. The van der Waals surface area contributed by atoms with E-state index in [9.17, 15) is 8.42 Å². The molecule has 4 nitrogen and oxygen atoms in total. The van der Waals surface area contributed by atoms with Gasteiger partial charge in [0.05, 0.1) is 5.75 Å². The summed E-state index contributed by atoms with van der Waals surface area (Å²) >= 11 is 0. The summed E-state index contributed by atoms with van der Waals surface area (Å²) in [5.41, 5.74) is -0.244. The first-order valence-electron chi connectivity index (χ1n) is 5.76. The SMILES string of the molecule is CCCS(=O)(=O)NC1(CC)CCCNC1. The van der Waals surface area contributed by atoms with Gasteiger partial charge in [0.2, 0.25) is 10.0 Å². The van der Waals surface area contributed by atoms with Gasteiger partial charge in [-0.15, -0.1) is 0 Å². The predicted octanol–water partition coefficient (Wildman–Crippen LogP) is 0.848. The number of sulfonamides is 1. The van der Waals surface area contributed by atoms with Crippen LogP contribution < -0.4 is 10.0 Å². The van der Waals surface area contributed by atoms with E-state index < -0.39 is 10.0 Å². The summed E-state index contributed by atoms with van der Waals surface area (Å²) in [4.78, 5) is 0. The van der Waals surface area contributed by atoms with Gasteiger partial charge >= 0.3 is 0 Å². The lowest BCUT2D eigenvalue weighted by Gasteiger charge is -2.37. The Hall–Kier alpha value is -0.130. The van der Waals surface area contributed by atoms with E-state index in [1.807, 2.05) is 13.8 Å². The van der Waals surface area contributed by atoms with Crippen LogP contribution in [-0.2, 0) is 10.0 Å². The minimum Gasteiger partial charge on any atom is -0.315 e. The number of hydrogen-bond acceptors (Lipinski definition) is 3. The van der Waals surface area contributed by atoms with E-state index in [-0.39, 0.29) is 11.3 Å². The minimum absolute atomic E-state index is 0.231. The highest BCUT2D eigenvalue weighted by Gasteiger charge is 2.33. The van der Waals surface area contributed by atoms with Gasteiger partial charge in [-0.25, -0.2) is 13.1 Å². The molecule has 5 heteroatoms. The Bertz CT molecular complexity index is 282. The van der Waals surface area contributed by atoms with Gasteiger partial charge in [-0.2, -0.15) is 0 Å². The minimum atomic E-state index is -3.09. The summed E-state index contributed by atoms with van der Waals surface area (Å²) in [6, 6.07) is 0. The molecule has 1 rings (SSSR count). The highest BCUT2D eigenvalue weighted by Crippen LogP contribution is 2.21. The molecule has 15 heavy (non-hydrogen) atoms. The fourth-order valence-electron chi connectivity index (χ4n) is 2.08. The monoisotopic (exact) mass is 234 g/mol. The second-order valence-electron chi connectivity index (χ2n) is 4.34. The molecule has 0 amide bonds. The average molecular weight is 234 g/mol. The predicted molar refractivity (Wildman–Crippen MR) is 62.3 cm³/mol. The lowest BCUT2D eigenvalue weighted by molar-refractivity contribution is 0.278. The van der Waals surface area contributed by atoms with Gasteiger partial charge in [0.1, 0.15) is 0 Å². The van der Waals surface area contributed by atoms with Crippen molar-refractivity contribution >= 4 is 10.0 Å². The van der Waals surface area contributed by atoms with Gasteiger partial charge in [0.15, 0.2) is 0 Å². The van der Waals surface area contributed by atoms with Crippen molar-refractivity contribution < 1.29 is 8.42 Å². The van der Waals surface area contributed by atoms with Gasteiger partial charge in [0.25, 0.3) is 0 Å². The first-order chi connectivity index (χ1) is 7.04. The van der Waals surface area contributed by atoms with Crippen LogP contribution in [0.2, 0.25) is 0 Å². The summed E-state index contributed by atoms with van der Waals surface area (Å²) in [7, 11) is -3.09. The Balaban J connectivity index is 2.66. The lowest BCUT2D eigenvalue weighted by Crippen LogP contribution is -2.57. The number of hydrogen-bond donors (Lipinski definition) is 2. The Kier molecular flexibility index (Phi) is 4.55. The fourth-order valence-corrected chi connectivity index (χ4v) is 3.70. The largest absolute Gasteiger partial charge is 0.315 e. The molecule has 0 saturated carbocycles. The molecule has 1 atom stereocenters. The van der Waals surface area contributed by atoms with Crippen molar-refractivity contribution in [2.24, 2.45) is 0 Å². The van der Waals surface area contributed by atoms with Crippen LogP contribution in [-0.4, -0.2) is 32.8 Å². The molecule has 0 aromatic carbocycles. The van der Waals surface area contributed by atoms with Crippen LogP contribution in [0.25, 0.3) is 0 Å². The van der Waals surface area contributed by atoms with Crippen LogP contribution in [0.1, 0.15) is 39.5 Å². The number of piperidine rings is 1. The Labute approximate surface area is 92.9 Å². The zero-order chi connectivity index (χ0) is 11.4. The van der Waals surface area contributed by atoms with E-state index in [1.165, 1.54) is 0 Å². The molecular formula is C10H22N2O2S. The third-order valence-corrected chi connectivity index (χ3v) is 4.68. The Morgan fingerprint density at radius 2 is 2.13 bits per heavy atom. The zero-order valence-electron chi connectivity index (χ0n) is 9.67. The van der Waals surface area contributed by atoms with E-state index in [0.29, 0.717) is 6.42 Å². The van der Waals surface area contributed by atoms with Crippen LogP contribution >= 0.6 is 0 Å². The van der Waals surface area contributed by atoms with Crippen LogP contribution in [0.5, 0.6) is 0 Å². The molecule has 1 heterocycles. The van der Waals surface area contributed by atoms with E-state index in [0.717, 1.165) is 32.4 Å². The molecular weight excluding hydrogens is 212 g/mol. The third kappa shape index (κ3) is 3.74. The Morgan fingerprint density at radius 1 is 1.40 bits per heavy atom. The van der Waals surface area contributed by atoms with Crippen molar-refractivity contribution in [1.29, 1.82) is 0 Å². The van der Waals surface area contributed by atoms with E-state index in [1.54, 1.807) is 0 Å². The standard InChI is InChI=1S/C10H22N2O2S/c1-3-8-15(13,14)12-10(4-2)6-5-7-11-9-10/h11-12H,3-9H2,1-2H3. The molecule has 0 aromatic rings. The second kappa shape index (κ2) is 5.27. The number of nitrogens with one attached hydrogen (secondary N) is 2. The van der Waals surface area contributed by atoms with Gasteiger partial charge in [-0.1, -0.05) is 13.8 Å². The van der Waals surface area contributed by atoms with E-state index in [4.69, 9.17) is 0 Å². The molecule has 1 aliphatic rings. The molecule has 2 N–H and O–H groups in total. The first kappa shape index (κ1) is 12.9. The Morgan fingerprint density at radius 3 is 2.60 bits per heavy atom. The van der Waals surface area contributed by atoms with Crippen LogP contribution in [0.4, 0.5) is 0 Å². The van der Waals surface area contributed by atoms with Gasteiger partial charge < -0.3 is 5.32 Å². The van der Waals surface area contributed by atoms with Crippen molar-refractivity contribution in [2.75, 3.05) is 18.8 Å². The summed E-state index contributed by atoms with van der Waals surface area (Å²) < 4.78 is 26.3. The normalized spacial score (nSPS) is 27.9. The maximum atomic E-state index is 11.7. The van der Waals surface area contributed by atoms with Crippen LogP contribution in [0.3, 0.4) is 0 Å². The maximum absolute atomic E-state index is 11.7. The molecule has 0 aromatic heterocycles. The average Bonchev–Trinajstić information content (AvgIpc) is 2.18. The van der Waals surface area contributed by atoms with E-state index >= 15 is 0 Å². The fraction of sp³-hybridized carbons (Fsp3) is 1.00. The van der Waals surface area contributed by atoms with Crippen molar-refractivity contribution in [2.45, 2.75) is 45.1 Å². The molecule has 1 unspecified atom stereocenters. The lowest BCUT2D eigenvalue weighted by atomic mass is 9.89. The highest BCUT2D eigenvalue weighted by atomic mass is 32.2. The van der Waals surface area contributed by atoms with Crippen molar-refractivity contribution in [3.63, 3.8) is 0 Å². The molecule has 1 saturated heterocycles. The topological polar surface area (TPSA) is 58.2 Å². The van der Waals surface area contributed by atoms with Crippen LogP contribution in [0.15, 0.2) is 0 Å². The van der Waals surface area contributed by atoms with Gasteiger partial charge in [-0.05, 0) is 32.2 Å². The maximum Gasteiger partial charge on any atom is 0.212 e. The van der Waals surface area contributed by atoms with Gasteiger partial charge in [-0.3, -0.25) is 0 Å². The van der Waals surface area contributed by atoms with Crippen molar-refractivity contribution in [1.82, 2.24) is 10.0 Å². The van der Waals surface area contributed by atoms with Crippen molar-refractivity contribution in [3.05, 3.63) is 0 Å². The zero-order valence-corrected chi connectivity index (χ0v) is 10.5. The quantitative estimate of drug-likeness (QED) is 0.741. The molecule has 0 bridgehead atoms. The summed E-state index contributed by atoms with van der Waals surface area (Å²) in [5, 5.41) is 3.26. The second-order valence-corrected chi connectivity index (χ2v) is 6.18. The summed E-state index contributed by atoms with van der Waals surface area (Å²) in [5.74, 6) is 0.231. The molecule has 1 aliphatic heterocycles. The van der Waals surface area contributed by atoms with Gasteiger partial charge in [0, 0.05) is 12.1 Å². The molecule has 0 aliphatic carbocycles. The summed E-state index contributed by atoms with van der Waals surface area (Å²) in [6.07, 6.45) is 3.51. The molecule has 90 valence electrons. The van der Waals surface area contributed by atoms with Crippen LogP contribution in [0, 0.1) is 0 Å². The highest BCUT2D eigenvalue weighted by molar-refractivity contribution is 7.89. The summed E-state index contributed by atoms with van der Waals surface area (Å²) in [6.45, 7) is 5.68. The van der Waals surface area contributed by atoms with Crippen molar-refractivity contribution in [3.8, 4) is 0 Å². The smallest absolute Gasteiger partial charge is 0.212 e. The van der Waals surface area contributed by atoms with E-state index in [2.05, 4.69) is 10.0 Å². The molecule has 0 radical (unpaired) electrons. The third-order valence-electron chi connectivity index (χ3n) is 2.99. The first-order valence-corrected chi connectivity index (χ1v) is 7.41. The molecule has 1 fully saturated rings.